The maximum Gasteiger partial charge on any atom is 0.245 e. The maximum absolute atomic E-state index is 13.4. The first kappa shape index (κ1) is 19.2. The summed E-state index contributed by atoms with van der Waals surface area (Å²) in [6, 6.07) is 11.4. The molecule has 6 nitrogen and oxygen atoms in total. The smallest absolute Gasteiger partial charge is 0.245 e. The van der Waals surface area contributed by atoms with Gasteiger partial charge in [-0.15, -0.1) is 0 Å². The SMILES string of the molecule is CC(C)n1cc(S(=O)(=O)N2CCN(c3cccc(Cl)c3)CC2)c2cccnc21. The summed E-state index contributed by atoms with van der Waals surface area (Å²) >= 11 is 6.09. The highest BCUT2D eigenvalue weighted by Gasteiger charge is 2.31. The molecule has 0 unspecified atom stereocenters. The predicted octanol–water partition coefficient (Wildman–Crippen LogP) is 3.78. The molecule has 0 N–H and O–H groups in total. The van der Waals surface area contributed by atoms with Crippen LogP contribution in [0.3, 0.4) is 0 Å². The Kier molecular flexibility index (Phi) is 5.07. The van der Waals surface area contributed by atoms with Crippen LogP contribution in [0.25, 0.3) is 11.0 Å². The van der Waals surface area contributed by atoms with E-state index in [1.165, 1.54) is 0 Å². The Bertz CT molecular complexity index is 1100. The first-order valence-electron chi connectivity index (χ1n) is 9.34. The molecule has 2 aromatic heterocycles. The Balaban J connectivity index is 1.61. The van der Waals surface area contributed by atoms with Crippen molar-refractivity contribution in [2.24, 2.45) is 0 Å². The van der Waals surface area contributed by atoms with Crippen molar-refractivity contribution in [3.63, 3.8) is 0 Å². The fourth-order valence-corrected chi connectivity index (χ4v) is 5.44. The van der Waals surface area contributed by atoms with E-state index in [1.54, 1.807) is 22.8 Å². The zero-order valence-electron chi connectivity index (χ0n) is 15.9. The molecule has 4 rings (SSSR count). The second-order valence-corrected chi connectivity index (χ2v) is 9.58. The Morgan fingerprint density at radius 1 is 1.07 bits per heavy atom. The number of pyridine rings is 1. The molecule has 148 valence electrons. The molecule has 3 heterocycles. The van der Waals surface area contributed by atoms with Crippen LogP contribution in [0.4, 0.5) is 5.69 Å². The van der Waals surface area contributed by atoms with Crippen molar-refractivity contribution >= 4 is 38.3 Å². The van der Waals surface area contributed by atoms with E-state index >= 15 is 0 Å². The van der Waals surface area contributed by atoms with Crippen LogP contribution in [0.15, 0.2) is 53.7 Å². The minimum Gasteiger partial charge on any atom is -0.369 e. The molecule has 1 saturated heterocycles. The van der Waals surface area contributed by atoms with Crippen LogP contribution in [-0.2, 0) is 10.0 Å². The monoisotopic (exact) mass is 418 g/mol. The third kappa shape index (κ3) is 3.38. The number of benzene rings is 1. The average molecular weight is 419 g/mol. The number of sulfonamides is 1. The topological polar surface area (TPSA) is 58.4 Å². The molecule has 8 heteroatoms. The predicted molar refractivity (Wildman–Crippen MR) is 113 cm³/mol. The summed E-state index contributed by atoms with van der Waals surface area (Å²) in [5.74, 6) is 0. The van der Waals surface area contributed by atoms with Crippen molar-refractivity contribution in [2.75, 3.05) is 31.1 Å². The van der Waals surface area contributed by atoms with Crippen molar-refractivity contribution in [1.82, 2.24) is 13.9 Å². The normalized spacial score (nSPS) is 16.2. The fraction of sp³-hybridized carbons (Fsp3) is 0.350. The van der Waals surface area contributed by atoms with Crippen LogP contribution in [0.1, 0.15) is 19.9 Å². The van der Waals surface area contributed by atoms with Gasteiger partial charge in [-0.3, -0.25) is 0 Å². The number of nitrogens with zero attached hydrogens (tertiary/aromatic N) is 4. The van der Waals surface area contributed by atoms with Gasteiger partial charge in [-0.2, -0.15) is 4.31 Å². The van der Waals surface area contributed by atoms with Gasteiger partial charge in [0, 0.05) is 60.7 Å². The van der Waals surface area contributed by atoms with E-state index in [0.717, 1.165) is 5.69 Å². The Hall–Kier alpha value is -2.09. The molecule has 0 bridgehead atoms. The summed E-state index contributed by atoms with van der Waals surface area (Å²) in [6.45, 7) is 6.16. The van der Waals surface area contributed by atoms with E-state index in [-0.39, 0.29) is 6.04 Å². The Labute approximate surface area is 170 Å². The van der Waals surface area contributed by atoms with Gasteiger partial charge in [-0.25, -0.2) is 13.4 Å². The third-order valence-corrected chi connectivity index (χ3v) is 7.30. The maximum atomic E-state index is 13.4. The van der Waals surface area contributed by atoms with E-state index in [2.05, 4.69) is 9.88 Å². The van der Waals surface area contributed by atoms with Crippen molar-refractivity contribution in [1.29, 1.82) is 0 Å². The number of piperazine rings is 1. The number of halogens is 1. The van der Waals surface area contributed by atoms with Gasteiger partial charge in [-0.1, -0.05) is 17.7 Å². The molecular weight excluding hydrogens is 396 g/mol. The molecule has 0 saturated carbocycles. The lowest BCUT2D eigenvalue weighted by Gasteiger charge is -2.35. The van der Waals surface area contributed by atoms with Gasteiger partial charge in [0.15, 0.2) is 0 Å². The van der Waals surface area contributed by atoms with E-state index in [4.69, 9.17) is 11.6 Å². The highest BCUT2D eigenvalue weighted by Crippen LogP contribution is 2.30. The van der Waals surface area contributed by atoms with Gasteiger partial charge < -0.3 is 9.47 Å². The van der Waals surface area contributed by atoms with Crippen LogP contribution in [0, 0.1) is 0 Å². The van der Waals surface area contributed by atoms with Crippen LogP contribution >= 0.6 is 11.6 Å². The van der Waals surface area contributed by atoms with Crippen molar-refractivity contribution in [2.45, 2.75) is 24.8 Å². The lowest BCUT2D eigenvalue weighted by molar-refractivity contribution is 0.385. The average Bonchev–Trinajstić information content (AvgIpc) is 3.09. The molecule has 28 heavy (non-hydrogen) atoms. The molecule has 0 radical (unpaired) electrons. The number of hydrogen-bond acceptors (Lipinski definition) is 4. The summed E-state index contributed by atoms with van der Waals surface area (Å²) in [5.41, 5.74) is 1.72. The van der Waals surface area contributed by atoms with Gasteiger partial charge in [0.1, 0.15) is 10.5 Å². The largest absolute Gasteiger partial charge is 0.369 e. The highest BCUT2D eigenvalue weighted by molar-refractivity contribution is 7.89. The second kappa shape index (κ2) is 7.39. The quantitative estimate of drug-likeness (QED) is 0.647. The van der Waals surface area contributed by atoms with E-state index < -0.39 is 10.0 Å². The zero-order valence-corrected chi connectivity index (χ0v) is 17.5. The fourth-order valence-electron chi connectivity index (χ4n) is 3.65. The number of fused-ring (bicyclic) bond motifs is 1. The minimum absolute atomic E-state index is 0.126. The molecule has 0 aliphatic carbocycles. The summed E-state index contributed by atoms with van der Waals surface area (Å²) in [4.78, 5) is 6.90. The van der Waals surface area contributed by atoms with Crippen LogP contribution in [-0.4, -0.2) is 48.5 Å². The zero-order chi connectivity index (χ0) is 19.9. The van der Waals surface area contributed by atoms with Gasteiger partial charge in [0.2, 0.25) is 10.0 Å². The van der Waals surface area contributed by atoms with Crippen molar-refractivity contribution < 1.29 is 8.42 Å². The standard InChI is InChI=1S/C20H23ClN4O2S/c1-15(2)25-14-19(18-7-4-8-22-20(18)25)28(26,27)24-11-9-23(10-12-24)17-6-3-5-16(21)13-17/h3-8,13-15H,9-12H2,1-2H3. The van der Waals surface area contributed by atoms with Gasteiger partial charge in [0.25, 0.3) is 0 Å². The Morgan fingerprint density at radius 3 is 2.50 bits per heavy atom. The molecule has 0 amide bonds. The summed E-state index contributed by atoms with van der Waals surface area (Å²) in [6.07, 6.45) is 3.42. The number of rotatable bonds is 4. The van der Waals surface area contributed by atoms with E-state index in [0.29, 0.717) is 47.1 Å². The minimum atomic E-state index is -3.60. The van der Waals surface area contributed by atoms with Crippen LogP contribution in [0.2, 0.25) is 5.02 Å². The van der Waals surface area contributed by atoms with Crippen LogP contribution in [0.5, 0.6) is 0 Å². The third-order valence-electron chi connectivity index (χ3n) is 5.14. The molecule has 1 aliphatic heterocycles. The number of aromatic nitrogens is 2. The number of anilines is 1. The van der Waals surface area contributed by atoms with Crippen LogP contribution < -0.4 is 4.90 Å². The van der Waals surface area contributed by atoms with Gasteiger partial charge in [-0.05, 0) is 44.2 Å². The molecule has 1 aliphatic rings. The summed E-state index contributed by atoms with van der Waals surface area (Å²) in [7, 11) is -3.60. The van der Waals surface area contributed by atoms with Gasteiger partial charge >= 0.3 is 0 Å². The molecule has 0 atom stereocenters. The summed E-state index contributed by atoms with van der Waals surface area (Å²) < 4.78 is 30.3. The molecule has 1 aromatic carbocycles. The first-order chi connectivity index (χ1) is 13.4. The lowest BCUT2D eigenvalue weighted by Crippen LogP contribution is -2.48. The highest BCUT2D eigenvalue weighted by atomic mass is 35.5. The lowest BCUT2D eigenvalue weighted by atomic mass is 10.2. The molecule has 3 aromatic rings. The second-order valence-electron chi connectivity index (χ2n) is 7.24. The molecule has 0 spiro atoms. The van der Waals surface area contributed by atoms with E-state index in [1.807, 2.05) is 48.7 Å². The molecular formula is C20H23ClN4O2S. The number of hydrogen-bond donors (Lipinski definition) is 0. The first-order valence-corrected chi connectivity index (χ1v) is 11.2. The van der Waals surface area contributed by atoms with Crippen molar-refractivity contribution in [3.05, 3.63) is 53.8 Å². The Morgan fingerprint density at radius 2 is 1.82 bits per heavy atom. The molecule has 1 fully saturated rings. The summed E-state index contributed by atoms with van der Waals surface area (Å²) in [5, 5.41) is 1.36. The van der Waals surface area contributed by atoms with Crippen molar-refractivity contribution in [3.8, 4) is 0 Å². The van der Waals surface area contributed by atoms with E-state index in [9.17, 15) is 8.42 Å². The van der Waals surface area contributed by atoms with Gasteiger partial charge in [0.05, 0.1) is 0 Å².